The first-order chi connectivity index (χ1) is 9.72. The second-order valence-electron chi connectivity index (χ2n) is 4.78. The molecule has 0 amide bonds. The minimum Gasteiger partial charge on any atom is -0.495 e. The van der Waals surface area contributed by atoms with Crippen molar-refractivity contribution in [3.63, 3.8) is 0 Å². The van der Waals surface area contributed by atoms with Crippen LogP contribution in [0.2, 0.25) is 5.02 Å². The second-order valence-corrected chi connectivity index (χ2v) is 5.18. The minimum absolute atomic E-state index is 0.472. The van der Waals surface area contributed by atoms with Gasteiger partial charge in [-0.2, -0.15) is 0 Å². The van der Waals surface area contributed by atoms with Crippen molar-refractivity contribution in [2.75, 3.05) is 13.7 Å². The third kappa shape index (κ3) is 2.23. The van der Waals surface area contributed by atoms with Crippen LogP contribution in [0.4, 0.5) is 0 Å². The largest absolute Gasteiger partial charge is 0.495 e. The molecule has 0 bridgehead atoms. The molecule has 20 heavy (non-hydrogen) atoms. The first kappa shape index (κ1) is 13.3. The summed E-state index contributed by atoms with van der Waals surface area (Å²) in [5.41, 5.74) is 10.2. The summed E-state index contributed by atoms with van der Waals surface area (Å²) < 4.78 is 10.8. The predicted molar refractivity (Wildman–Crippen MR) is 80.5 cm³/mol. The highest BCUT2D eigenvalue weighted by Gasteiger charge is 2.17. The molecule has 0 radical (unpaired) electrons. The molecule has 0 spiro atoms. The Morgan fingerprint density at radius 1 is 1.25 bits per heavy atom. The number of hydrogen-bond donors (Lipinski definition) is 1. The number of rotatable bonds is 3. The third-order valence-electron chi connectivity index (χ3n) is 3.57. The molecular formula is C16H16ClNO2. The van der Waals surface area contributed by atoms with Gasteiger partial charge >= 0.3 is 0 Å². The number of methoxy groups -OCH3 is 1. The van der Waals surface area contributed by atoms with Gasteiger partial charge in [-0.3, -0.25) is 0 Å². The van der Waals surface area contributed by atoms with Crippen LogP contribution in [0.15, 0.2) is 30.3 Å². The predicted octanol–water partition coefficient (Wildman–Crippen LogP) is 3.41. The van der Waals surface area contributed by atoms with Crippen LogP contribution in [0, 0.1) is 0 Å². The second kappa shape index (κ2) is 5.35. The molecule has 1 heterocycles. The van der Waals surface area contributed by atoms with Gasteiger partial charge in [0.05, 0.1) is 18.7 Å². The molecule has 2 aromatic rings. The Hall–Kier alpha value is -1.71. The van der Waals surface area contributed by atoms with E-state index < -0.39 is 0 Å². The van der Waals surface area contributed by atoms with Crippen LogP contribution in [0.1, 0.15) is 11.1 Å². The first-order valence-corrected chi connectivity index (χ1v) is 6.93. The van der Waals surface area contributed by atoms with E-state index in [2.05, 4.69) is 12.1 Å². The Balaban J connectivity index is 2.08. The van der Waals surface area contributed by atoms with E-state index >= 15 is 0 Å². The Bertz CT molecular complexity index is 655. The van der Waals surface area contributed by atoms with Crippen molar-refractivity contribution in [2.45, 2.75) is 13.0 Å². The van der Waals surface area contributed by atoms with E-state index in [-0.39, 0.29) is 0 Å². The SMILES string of the molecule is COc1ccc(-c2cc(CN)c3c(c2)CCO3)cc1Cl. The lowest BCUT2D eigenvalue weighted by molar-refractivity contribution is 0.353. The quantitative estimate of drug-likeness (QED) is 0.942. The molecule has 104 valence electrons. The molecule has 2 N–H and O–H groups in total. The zero-order valence-electron chi connectivity index (χ0n) is 11.3. The fraction of sp³-hybridized carbons (Fsp3) is 0.250. The number of nitrogens with two attached hydrogens (primary N) is 1. The van der Waals surface area contributed by atoms with Gasteiger partial charge < -0.3 is 15.2 Å². The number of halogens is 1. The molecule has 0 aliphatic carbocycles. The zero-order chi connectivity index (χ0) is 14.1. The monoisotopic (exact) mass is 289 g/mol. The highest BCUT2D eigenvalue weighted by Crippen LogP contribution is 2.36. The van der Waals surface area contributed by atoms with Crippen molar-refractivity contribution in [1.82, 2.24) is 0 Å². The van der Waals surface area contributed by atoms with Gasteiger partial charge in [0.2, 0.25) is 0 Å². The van der Waals surface area contributed by atoms with Gasteiger partial charge in [-0.25, -0.2) is 0 Å². The third-order valence-corrected chi connectivity index (χ3v) is 3.86. The van der Waals surface area contributed by atoms with Gasteiger partial charge in [0.1, 0.15) is 11.5 Å². The van der Waals surface area contributed by atoms with Crippen LogP contribution >= 0.6 is 11.6 Å². The molecule has 0 fully saturated rings. The summed E-state index contributed by atoms with van der Waals surface area (Å²) in [6, 6.07) is 10.0. The number of benzene rings is 2. The van der Waals surface area contributed by atoms with Crippen molar-refractivity contribution in [1.29, 1.82) is 0 Å². The molecule has 2 aromatic carbocycles. The van der Waals surface area contributed by atoms with Crippen molar-refractivity contribution in [2.24, 2.45) is 5.73 Å². The van der Waals surface area contributed by atoms with Gasteiger partial charge in [-0.05, 0) is 41.0 Å². The summed E-state index contributed by atoms with van der Waals surface area (Å²) in [7, 11) is 1.61. The molecule has 1 aliphatic rings. The maximum atomic E-state index is 6.20. The fourth-order valence-corrected chi connectivity index (χ4v) is 2.81. The van der Waals surface area contributed by atoms with Gasteiger partial charge in [-0.1, -0.05) is 17.7 Å². The molecular weight excluding hydrogens is 274 g/mol. The van der Waals surface area contributed by atoms with Crippen molar-refractivity contribution in [3.8, 4) is 22.6 Å². The van der Waals surface area contributed by atoms with E-state index in [0.717, 1.165) is 35.5 Å². The molecule has 3 nitrogen and oxygen atoms in total. The Morgan fingerprint density at radius 2 is 2.10 bits per heavy atom. The van der Waals surface area contributed by atoms with E-state index in [1.54, 1.807) is 7.11 Å². The van der Waals surface area contributed by atoms with Crippen LogP contribution in [-0.4, -0.2) is 13.7 Å². The summed E-state index contributed by atoms with van der Waals surface area (Å²) >= 11 is 6.20. The highest BCUT2D eigenvalue weighted by molar-refractivity contribution is 6.32. The average molecular weight is 290 g/mol. The number of ether oxygens (including phenoxy) is 2. The molecule has 0 unspecified atom stereocenters. The van der Waals surface area contributed by atoms with Gasteiger partial charge in [-0.15, -0.1) is 0 Å². The summed E-state index contributed by atoms with van der Waals surface area (Å²) in [6.45, 7) is 1.20. The maximum absolute atomic E-state index is 6.20. The molecule has 3 rings (SSSR count). The Labute approximate surface area is 123 Å². The van der Waals surface area contributed by atoms with E-state index in [0.29, 0.717) is 17.3 Å². The highest BCUT2D eigenvalue weighted by atomic mass is 35.5. The van der Waals surface area contributed by atoms with Crippen molar-refractivity contribution >= 4 is 11.6 Å². The molecule has 0 aromatic heterocycles. The van der Waals surface area contributed by atoms with Crippen LogP contribution in [0.5, 0.6) is 11.5 Å². The van der Waals surface area contributed by atoms with Gasteiger partial charge in [0.25, 0.3) is 0 Å². The van der Waals surface area contributed by atoms with E-state index in [4.69, 9.17) is 26.8 Å². The van der Waals surface area contributed by atoms with E-state index in [1.807, 2.05) is 18.2 Å². The topological polar surface area (TPSA) is 44.5 Å². The summed E-state index contributed by atoms with van der Waals surface area (Å²) in [4.78, 5) is 0. The lowest BCUT2D eigenvalue weighted by Crippen LogP contribution is -2.00. The van der Waals surface area contributed by atoms with Crippen LogP contribution in [-0.2, 0) is 13.0 Å². The smallest absolute Gasteiger partial charge is 0.137 e. The molecule has 0 saturated heterocycles. The summed E-state index contributed by atoms with van der Waals surface area (Å²) in [6.07, 6.45) is 0.931. The normalized spacial score (nSPS) is 12.9. The molecule has 4 heteroatoms. The van der Waals surface area contributed by atoms with E-state index in [9.17, 15) is 0 Å². The number of hydrogen-bond acceptors (Lipinski definition) is 3. The average Bonchev–Trinajstić information content (AvgIpc) is 2.94. The molecule has 0 saturated carbocycles. The van der Waals surface area contributed by atoms with Crippen molar-refractivity contribution in [3.05, 3.63) is 46.5 Å². The summed E-state index contributed by atoms with van der Waals surface area (Å²) in [5.74, 6) is 1.63. The lowest BCUT2D eigenvalue weighted by atomic mass is 9.98. The maximum Gasteiger partial charge on any atom is 0.137 e. The fourth-order valence-electron chi connectivity index (χ4n) is 2.55. The lowest BCUT2D eigenvalue weighted by Gasteiger charge is -2.11. The molecule has 0 atom stereocenters. The first-order valence-electron chi connectivity index (χ1n) is 6.55. The standard InChI is InChI=1S/C16H16ClNO2/c1-19-15-3-2-10(8-14(15)17)12-6-11-4-5-20-16(11)13(7-12)9-18/h2-3,6-8H,4-5,9,18H2,1H3. The minimum atomic E-state index is 0.472. The molecule has 1 aliphatic heterocycles. The van der Waals surface area contributed by atoms with E-state index in [1.165, 1.54) is 5.56 Å². The van der Waals surface area contributed by atoms with Gasteiger partial charge in [0, 0.05) is 18.5 Å². The van der Waals surface area contributed by atoms with Crippen molar-refractivity contribution < 1.29 is 9.47 Å². The zero-order valence-corrected chi connectivity index (χ0v) is 12.0. The Kier molecular flexibility index (Phi) is 3.55. The van der Waals surface area contributed by atoms with Gasteiger partial charge in [0.15, 0.2) is 0 Å². The van der Waals surface area contributed by atoms with Crippen LogP contribution in [0.25, 0.3) is 11.1 Å². The number of fused-ring (bicyclic) bond motifs is 1. The summed E-state index contributed by atoms with van der Waals surface area (Å²) in [5, 5.41) is 0.607. The Morgan fingerprint density at radius 3 is 2.80 bits per heavy atom. The van der Waals surface area contributed by atoms with Crippen LogP contribution < -0.4 is 15.2 Å². The van der Waals surface area contributed by atoms with Crippen LogP contribution in [0.3, 0.4) is 0 Å².